The highest BCUT2D eigenvalue weighted by atomic mass is 16.8. The van der Waals surface area contributed by atoms with E-state index in [1.165, 1.54) is 13.8 Å². The molecule has 0 aromatic heterocycles. The van der Waals surface area contributed by atoms with Gasteiger partial charge < -0.3 is 114 Å². The van der Waals surface area contributed by atoms with E-state index in [1.54, 1.807) is 0 Å². The molecule has 0 unspecified atom stereocenters. The van der Waals surface area contributed by atoms with E-state index >= 15 is 0 Å². The van der Waals surface area contributed by atoms with Crippen molar-refractivity contribution in [2.45, 2.75) is 239 Å². The average molecular weight is 1070 g/mol. The molecule has 426 valence electrons. The molecule has 0 aromatic rings. The summed E-state index contributed by atoms with van der Waals surface area (Å²) in [5.41, 5.74) is -0.239. The highest BCUT2D eigenvalue weighted by Crippen LogP contribution is 2.71. The van der Waals surface area contributed by atoms with Crippen molar-refractivity contribution < 1.29 is 114 Å². The van der Waals surface area contributed by atoms with Gasteiger partial charge in [-0.1, -0.05) is 20.8 Å². The molecule has 6 heterocycles. The molecule has 74 heavy (non-hydrogen) atoms. The fourth-order valence-electron chi connectivity index (χ4n) is 16.1. The fourth-order valence-corrected chi connectivity index (χ4v) is 16.1. The van der Waals surface area contributed by atoms with E-state index in [9.17, 15) is 66.4 Å². The quantitative estimate of drug-likeness (QED) is 0.0923. The van der Waals surface area contributed by atoms with Crippen LogP contribution in [0.25, 0.3) is 0 Å². The summed E-state index contributed by atoms with van der Waals surface area (Å²) in [6, 6.07) is 0. The molecule has 6 saturated heterocycles. The molecule has 10 fully saturated rings. The van der Waals surface area contributed by atoms with Crippen molar-refractivity contribution in [2.24, 2.45) is 52.3 Å². The van der Waals surface area contributed by atoms with Crippen LogP contribution in [0.1, 0.15) is 92.4 Å². The number of aliphatic hydroxyl groups excluding tert-OH is 13. The van der Waals surface area contributed by atoms with Crippen molar-refractivity contribution >= 4 is 0 Å². The maximum absolute atomic E-state index is 12.2. The number of fused-ring (bicyclic) bond motifs is 7. The first-order valence-corrected chi connectivity index (χ1v) is 27.3. The Labute approximate surface area is 430 Å². The van der Waals surface area contributed by atoms with E-state index in [4.69, 9.17) is 47.4 Å². The SMILES string of the molecule is C[C@@H]1O[C@@H](O[C@H]2[C@H](O[C@@H]3C[C@@H]4CC[C@@H]5[C@H](CC[C@]6(C)[C@@H]7[C@H](C[C@@H]56)O[C@]5(CC[C@@H](CO[C@@H]6O[C@H](CO)[C@@H](O)[C@H](O)[C@H]6O)CO5)[C@H]7C)[C@@]4(C)C[C@H]3O)O[C@H](CO)[C@@H](O[C@@H]3O[C@@H](C)[C@H](O)[C@@H](O)[C@H]3O)[C@@H]2O)[C@H](O)[C@H](O)[C@H]1O. The first-order chi connectivity index (χ1) is 35.0. The van der Waals surface area contributed by atoms with Crippen LogP contribution in [0.4, 0.5) is 0 Å². The summed E-state index contributed by atoms with van der Waals surface area (Å²) in [6.45, 7) is 9.23. The molecule has 13 N–H and O–H groups in total. The number of ether oxygens (including phenoxy) is 10. The van der Waals surface area contributed by atoms with Crippen LogP contribution in [0.2, 0.25) is 0 Å². The summed E-state index contributed by atoms with van der Waals surface area (Å²) in [5, 5.41) is 139. The molecule has 23 nitrogen and oxygen atoms in total. The zero-order valence-electron chi connectivity index (χ0n) is 42.9. The molecule has 0 amide bonds. The molecule has 23 heteroatoms. The minimum atomic E-state index is -1.79. The molecular formula is C51H84O23. The van der Waals surface area contributed by atoms with Gasteiger partial charge in [-0.3, -0.25) is 0 Å². The van der Waals surface area contributed by atoms with Crippen molar-refractivity contribution in [3.63, 3.8) is 0 Å². The van der Waals surface area contributed by atoms with Crippen LogP contribution >= 0.6 is 0 Å². The van der Waals surface area contributed by atoms with Crippen molar-refractivity contribution in [2.75, 3.05) is 26.4 Å². The van der Waals surface area contributed by atoms with E-state index < -0.39 is 154 Å². The number of aliphatic hydroxyl groups is 13. The molecule has 0 radical (unpaired) electrons. The lowest BCUT2D eigenvalue weighted by atomic mass is 9.44. The largest absolute Gasteiger partial charge is 0.394 e. The van der Waals surface area contributed by atoms with Crippen molar-refractivity contribution in [1.29, 1.82) is 0 Å². The second kappa shape index (κ2) is 21.5. The smallest absolute Gasteiger partial charge is 0.187 e. The Morgan fingerprint density at radius 2 is 1.15 bits per heavy atom. The molecule has 1 spiro atoms. The number of hydrogen-bond acceptors (Lipinski definition) is 23. The summed E-state index contributed by atoms with van der Waals surface area (Å²) in [7, 11) is 0. The molecule has 0 aromatic carbocycles. The molecule has 0 bridgehead atoms. The van der Waals surface area contributed by atoms with Gasteiger partial charge in [-0.2, -0.15) is 0 Å². The van der Waals surface area contributed by atoms with E-state index in [-0.39, 0.29) is 47.2 Å². The van der Waals surface area contributed by atoms with E-state index in [1.807, 2.05) is 0 Å². The summed E-state index contributed by atoms with van der Waals surface area (Å²) in [6.07, 6.45) is -24.2. The van der Waals surface area contributed by atoms with E-state index in [2.05, 4.69) is 20.8 Å². The molecule has 4 aliphatic carbocycles. The van der Waals surface area contributed by atoms with Crippen LogP contribution in [0.5, 0.6) is 0 Å². The van der Waals surface area contributed by atoms with Crippen LogP contribution in [0.15, 0.2) is 0 Å². The molecule has 6 aliphatic heterocycles. The van der Waals surface area contributed by atoms with Gasteiger partial charge >= 0.3 is 0 Å². The number of rotatable bonds is 11. The number of hydrogen-bond donors (Lipinski definition) is 13. The predicted molar refractivity (Wildman–Crippen MR) is 248 cm³/mol. The van der Waals surface area contributed by atoms with Crippen LogP contribution in [-0.4, -0.2) is 240 Å². The Morgan fingerprint density at radius 1 is 0.541 bits per heavy atom. The predicted octanol–water partition coefficient (Wildman–Crippen LogP) is -2.91. The van der Waals surface area contributed by atoms with Crippen LogP contribution in [0.3, 0.4) is 0 Å². The minimum absolute atomic E-state index is 0.00431. The van der Waals surface area contributed by atoms with Gasteiger partial charge in [0.15, 0.2) is 30.9 Å². The molecule has 33 atom stereocenters. The van der Waals surface area contributed by atoms with Crippen molar-refractivity contribution in [3.05, 3.63) is 0 Å². The van der Waals surface area contributed by atoms with Gasteiger partial charge in [0.1, 0.15) is 85.5 Å². The molecular weight excluding hydrogens is 981 g/mol. The van der Waals surface area contributed by atoms with Gasteiger partial charge in [-0.15, -0.1) is 0 Å². The van der Waals surface area contributed by atoms with E-state index in [0.29, 0.717) is 43.6 Å². The third-order valence-electron chi connectivity index (χ3n) is 20.4. The van der Waals surface area contributed by atoms with Crippen molar-refractivity contribution in [1.82, 2.24) is 0 Å². The van der Waals surface area contributed by atoms with Crippen LogP contribution in [0, 0.1) is 52.3 Å². The first kappa shape index (κ1) is 56.4. The maximum Gasteiger partial charge on any atom is 0.187 e. The monoisotopic (exact) mass is 1060 g/mol. The minimum Gasteiger partial charge on any atom is -0.394 e. The standard InChI is InChI=1S/C51H84O23/c1-19-32-29(74-51(19)11-8-22(18-66-51)17-65-45-39(61)38(60)35(57)30(15-52)70-45)13-26-24-7-6-23-12-28(27(54)14-50(23,5)25(24)9-10-49(26,32)4)69-48-44(73-47-41(63)37(59)34(56)21(3)68-47)42(64)43(31(16-53)71-48)72-46-40(62)36(58)33(55)20(2)67-46/h19-48,52-64H,6-18H2,1-5H3/t19-,20-,21-,22-,23-,24+,25-,26-,27+,28+,29-,30+,31+,32-,33-,34-,35+,36+,37+,38-,39+,40+,41+,42-,43+,44+,45+,46-,47-,48+,49-,50-,51+/m0/s1. The molecule has 10 aliphatic rings. The normalized spacial score (nSPS) is 58.6. The second-order valence-electron chi connectivity index (χ2n) is 24.4. The molecule has 10 rings (SSSR count). The lowest BCUT2D eigenvalue weighted by molar-refractivity contribution is -0.391. The summed E-state index contributed by atoms with van der Waals surface area (Å²) < 4.78 is 61.6. The Bertz CT molecular complexity index is 1900. The van der Waals surface area contributed by atoms with E-state index in [0.717, 1.165) is 38.5 Å². The summed E-state index contributed by atoms with van der Waals surface area (Å²) in [5.74, 6) is 0.921. The van der Waals surface area contributed by atoms with Crippen LogP contribution in [-0.2, 0) is 47.4 Å². The first-order valence-electron chi connectivity index (χ1n) is 27.3. The van der Waals surface area contributed by atoms with Gasteiger partial charge in [0.2, 0.25) is 0 Å². The zero-order valence-corrected chi connectivity index (χ0v) is 42.9. The zero-order chi connectivity index (χ0) is 53.1. The highest BCUT2D eigenvalue weighted by molar-refractivity contribution is 5.16. The second-order valence-corrected chi connectivity index (χ2v) is 24.4. The van der Waals surface area contributed by atoms with Gasteiger partial charge in [-0.25, -0.2) is 0 Å². The van der Waals surface area contributed by atoms with Gasteiger partial charge in [0.05, 0.1) is 56.9 Å². The third kappa shape index (κ3) is 9.56. The average Bonchev–Trinajstić information content (AvgIpc) is 3.82. The maximum atomic E-state index is 12.2. The summed E-state index contributed by atoms with van der Waals surface area (Å²) in [4.78, 5) is 0. The van der Waals surface area contributed by atoms with Gasteiger partial charge in [-0.05, 0) is 106 Å². The topological polar surface area (TPSA) is 355 Å². The Kier molecular flexibility index (Phi) is 16.4. The Morgan fingerprint density at radius 3 is 1.77 bits per heavy atom. The highest BCUT2D eigenvalue weighted by Gasteiger charge is 2.70. The lowest BCUT2D eigenvalue weighted by Crippen LogP contribution is -2.67. The van der Waals surface area contributed by atoms with Gasteiger partial charge in [0, 0.05) is 18.3 Å². The van der Waals surface area contributed by atoms with Gasteiger partial charge in [0.25, 0.3) is 0 Å². The van der Waals surface area contributed by atoms with Crippen molar-refractivity contribution in [3.8, 4) is 0 Å². The fraction of sp³-hybridized carbons (Fsp3) is 1.00. The molecule has 4 saturated carbocycles. The third-order valence-corrected chi connectivity index (χ3v) is 20.4. The van der Waals surface area contributed by atoms with Crippen LogP contribution < -0.4 is 0 Å². The Hall–Kier alpha value is -0.920. The Balaban J connectivity index is 0.789. The summed E-state index contributed by atoms with van der Waals surface area (Å²) >= 11 is 0. The lowest BCUT2D eigenvalue weighted by Gasteiger charge is -2.62.